The van der Waals surface area contributed by atoms with Crippen molar-refractivity contribution in [2.24, 2.45) is 5.92 Å². The van der Waals surface area contributed by atoms with Gasteiger partial charge in [-0.3, -0.25) is 4.98 Å². The fraction of sp³-hybridized carbons (Fsp3) is 0.255. The Morgan fingerprint density at radius 1 is 0.726 bits per heavy atom. The second-order valence-electron chi connectivity index (χ2n) is 18.6. The molecule has 10 rings (SSSR count). The number of para-hydroxylation sites is 2. The monoisotopic (exact) mass is 1010 g/mol. The Hall–Kier alpha value is -5.46. The van der Waals surface area contributed by atoms with Gasteiger partial charge in [0.1, 0.15) is 0 Å². The number of fused-ring (bicyclic) bond motifs is 4. The summed E-state index contributed by atoms with van der Waals surface area (Å²) in [5, 5.41) is 3.56. The Balaban J connectivity index is 0.000000190. The van der Waals surface area contributed by atoms with E-state index in [4.69, 9.17) is 19.4 Å². The van der Waals surface area contributed by atoms with Crippen molar-refractivity contribution < 1.29 is 24.5 Å². The molecule has 1 radical (unpaired) electrons. The van der Waals surface area contributed by atoms with Gasteiger partial charge in [0, 0.05) is 48.5 Å². The van der Waals surface area contributed by atoms with Crippen LogP contribution in [0.4, 0.5) is 0 Å². The summed E-state index contributed by atoms with van der Waals surface area (Å²) in [6.45, 7) is 13.8. The van der Waals surface area contributed by atoms with Crippen LogP contribution < -0.4 is 5.19 Å². The van der Waals surface area contributed by atoms with E-state index in [1.54, 1.807) is 10.8 Å². The molecule has 4 heterocycles. The molecule has 315 valence electrons. The van der Waals surface area contributed by atoms with Gasteiger partial charge in [-0.15, -0.1) is 54.1 Å². The standard InChI is InChI=1S/C34H26N3O.C21H28NSi.Ir/c1-34(2,3)30-21-20-26-25-12-9-13-27(31(25)38-33(26)36-30)32-35-28-14-7-8-15-29(28)37(32)24-18-16-23(17-19-24)22-10-5-4-6-11-22;1-23(2,3)21-16-22-20(18-12-8-5-9-13-18)15-19(21)14-17-10-6-4-7-11-17;/h4-12,14-21H,1-3H3;5,8-9,12,15-17H,4,6-7,10-11,14H2,1-3H3;/q2*-1;. The van der Waals surface area contributed by atoms with Crippen LogP contribution in [0.25, 0.3) is 72.6 Å². The van der Waals surface area contributed by atoms with Gasteiger partial charge in [0.05, 0.1) is 30.5 Å². The van der Waals surface area contributed by atoms with Gasteiger partial charge in [0.15, 0.2) is 0 Å². The summed E-state index contributed by atoms with van der Waals surface area (Å²) in [5.41, 5.74) is 12.2. The van der Waals surface area contributed by atoms with Gasteiger partial charge >= 0.3 is 0 Å². The van der Waals surface area contributed by atoms with Crippen LogP contribution in [0, 0.1) is 18.1 Å². The molecule has 5 aromatic carbocycles. The van der Waals surface area contributed by atoms with Crippen LogP contribution in [0.2, 0.25) is 19.6 Å². The van der Waals surface area contributed by atoms with Gasteiger partial charge in [0.2, 0.25) is 5.71 Å². The molecule has 0 bridgehead atoms. The van der Waals surface area contributed by atoms with Crippen molar-refractivity contribution in [3.05, 3.63) is 163 Å². The number of aromatic nitrogens is 4. The van der Waals surface area contributed by atoms with Crippen LogP contribution in [0.5, 0.6) is 0 Å². The summed E-state index contributed by atoms with van der Waals surface area (Å²) in [7, 11) is -1.36. The van der Waals surface area contributed by atoms with E-state index in [1.807, 2.05) is 48.5 Å². The first kappa shape index (κ1) is 43.2. The SMILES string of the molecule is CC(C)(C)c1ccc2c(n1)oc1c(-c3nc4ccccc4n3-c3ccc(-c4ccccc4)cc3)[c-]ccc12.C[Si](C)(C)c1cnc(-c2[c-]cccc2)cc1CC1CCCCC1.[Ir]. The molecule has 62 heavy (non-hydrogen) atoms. The van der Waals surface area contributed by atoms with Crippen LogP contribution in [0.15, 0.2) is 144 Å². The Morgan fingerprint density at radius 3 is 2.18 bits per heavy atom. The first-order chi connectivity index (χ1) is 29.5. The number of pyridine rings is 2. The number of furan rings is 1. The Bertz CT molecular complexity index is 2940. The molecule has 1 saturated carbocycles. The molecule has 0 unspecified atom stereocenters. The fourth-order valence-electron chi connectivity index (χ4n) is 8.84. The van der Waals surface area contributed by atoms with Crippen molar-refractivity contribution in [3.8, 4) is 39.5 Å². The third kappa shape index (κ3) is 9.03. The molecule has 5 nitrogen and oxygen atoms in total. The van der Waals surface area contributed by atoms with Gasteiger partial charge in [0.25, 0.3) is 0 Å². The zero-order valence-corrected chi connectivity index (χ0v) is 40.0. The second-order valence-corrected chi connectivity index (χ2v) is 23.7. The molecule has 0 atom stereocenters. The molecule has 0 saturated heterocycles. The zero-order chi connectivity index (χ0) is 42.1. The molecule has 9 aromatic rings. The number of imidazole rings is 1. The summed E-state index contributed by atoms with van der Waals surface area (Å²) in [6, 6.07) is 52.8. The van der Waals surface area contributed by atoms with Crippen molar-refractivity contribution in [2.75, 3.05) is 0 Å². The minimum atomic E-state index is -1.36. The average molecular weight is 1010 g/mol. The first-order valence-corrected chi connectivity index (χ1v) is 25.4. The van der Waals surface area contributed by atoms with Crippen molar-refractivity contribution in [2.45, 2.75) is 84.4 Å². The molecule has 0 N–H and O–H groups in total. The Morgan fingerprint density at radius 2 is 1.45 bits per heavy atom. The van der Waals surface area contributed by atoms with Crippen molar-refractivity contribution in [1.82, 2.24) is 19.5 Å². The molecular weight excluding hydrogens is 953 g/mol. The third-order valence-electron chi connectivity index (χ3n) is 12.1. The maximum Gasteiger partial charge on any atom is 0.216 e. The van der Waals surface area contributed by atoms with E-state index >= 15 is 0 Å². The minimum absolute atomic E-state index is 0. The summed E-state index contributed by atoms with van der Waals surface area (Å²) in [6.07, 6.45) is 10.5. The molecule has 1 aliphatic rings. The van der Waals surface area contributed by atoms with E-state index in [2.05, 4.69) is 148 Å². The average Bonchev–Trinajstić information content (AvgIpc) is 3.86. The van der Waals surface area contributed by atoms with Gasteiger partial charge in [-0.25, -0.2) is 4.98 Å². The van der Waals surface area contributed by atoms with Gasteiger partial charge in [-0.1, -0.05) is 150 Å². The minimum Gasteiger partial charge on any atom is -0.486 e. The topological polar surface area (TPSA) is 56.7 Å². The number of hydrogen-bond acceptors (Lipinski definition) is 4. The van der Waals surface area contributed by atoms with Crippen LogP contribution in [0.1, 0.15) is 64.1 Å². The molecule has 4 aromatic heterocycles. The van der Waals surface area contributed by atoms with Gasteiger partial charge < -0.3 is 14.0 Å². The van der Waals surface area contributed by atoms with E-state index in [0.29, 0.717) is 5.71 Å². The Labute approximate surface area is 381 Å². The molecule has 1 fully saturated rings. The summed E-state index contributed by atoms with van der Waals surface area (Å²) >= 11 is 0. The van der Waals surface area contributed by atoms with E-state index in [-0.39, 0.29) is 25.5 Å². The maximum atomic E-state index is 6.44. The van der Waals surface area contributed by atoms with Crippen LogP contribution >= 0.6 is 0 Å². The number of benzene rings is 5. The first-order valence-electron chi connectivity index (χ1n) is 21.9. The van der Waals surface area contributed by atoms with Crippen molar-refractivity contribution in [3.63, 3.8) is 0 Å². The van der Waals surface area contributed by atoms with Crippen molar-refractivity contribution >= 4 is 46.4 Å². The summed E-state index contributed by atoms with van der Waals surface area (Å²) in [4.78, 5) is 14.7. The van der Waals surface area contributed by atoms with E-state index in [9.17, 15) is 0 Å². The van der Waals surface area contributed by atoms with E-state index < -0.39 is 8.07 Å². The maximum absolute atomic E-state index is 6.44. The summed E-state index contributed by atoms with van der Waals surface area (Å²) < 4.78 is 8.63. The quantitative estimate of drug-likeness (QED) is 0.118. The normalized spacial score (nSPS) is 13.5. The third-order valence-corrected chi connectivity index (χ3v) is 14.2. The smallest absolute Gasteiger partial charge is 0.216 e. The van der Waals surface area contributed by atoms with E-state index in [0.717, 1.165) is 67.3 Å². The fourth-order valence-corrected chi connectivity index (χ4v) is 10.4. The van der Waals surface area contributed by atoms with Crippen LogP contribution in [-0.4, -0.2) is 27.6 Å². The second kappa shape index (κ2) is 18.1. The predicted octanol–water partition coefficient (Wildman–Crippen LogP) is 14.0. The van der Waals surface area contributed by atoms with Gasteiger partial charge in [-0.05, 0) is 70.7 Å². The zero-order valence-electron chi connectivity index (χ0n) is 36.6. The number of hydrogen-bond donors (Lipinski definition) is 0. The van der Waals surface area contributed by atoms with Gasteiger partial charge in [-0.2, -0.15) is 0 Å². The van der Waals surface area contributed by atoms with E-state index in [1.165, 1.54) is 49.7 Å². The molecule has 0 amide bonds. The molecule has 0 aliphatic heterocycles. The summed E-state index contributed by atoms with van der Waals surface area (Å²) in [5.74, 6) is 1.66. The molecule has 7 heteroatoms. The molecular formula is C55H54IrN4OSi-2. The number of nitrogens with zero attached hydrogens (tertiary/aromatic N) is 4. The van der Waals surface area contributed by atoms with Crippen molar-refractivity contribution in [1.29, 1.82) is 0 Å². The largest absolute Gasteiger partial charge is 0.486 e. The molecule has 0 spiro atoms. The number of rotatable bonds is 7. The van der Waals surface area contributed by atoms with Crippen LogP contribution in [-0.2, 0) is 31.9 Å². The van der Waals surface area contributed by atoms with Crippen LogP contribution in [0.3, 0.4) is 0 Å². The molecule has 1 aliphatic carbocycles. The Kier molecular flexibility index (Phi) is 12.6. The predicted molar refractivity (Wildman–Crippen MR) is 256 cm³/mol.